The first-order valence-corrected chi connectivity index (χ1v) is 6.84. The number of hydrogen-bond acceptors (Lipinski definition) is 2. The fourth-order valence-corrected chi connectivity index (χ4v) is 2.39. The summed E-state index contributed by atoms with van der Waals surface area (Å²) in [5.74, 6) is -0.931. The maximum atomic E-state index is 13.1. The van der Waals surface area contributed by atoms with E-state index in [0.717, 1.165) is 17.7 Å². The highest BCUT2D eigenvalue weighted by Crippen LogP contribution is 2.33. The quantitative estimate of drug-likeness (QED) is 0.812. The number of anilines is 1. The molecule has 0 aromatic heterocycles. The number of aryl methyl sites for hydroxylation is 1. The second kappa shape index (κ2) is 6.29. The molecule has 120 valence electrons. The van der Waals surface area contributed by atoms with Crippen molar-refractivity contribution in [2.45, 2.75) is 26.6 Å². The topological polar surface area (TPSA) is 35.8 Å². The van der Waals surface area contributed by atoms with Crippen molar-refractivity contribution >= 4 is 5.69 Å². The molecule has 6 heteroatoms. The van der Waals surface area contributed by atoms with Gasteiger partial charge in [-0.3, -0.25) is 0 Å². The first kappa shape index (κ1) is 16.8. The Kier molecular flexibility index (Phi) is 4.60. The number of halogens is 4. The van der Waals surface area contributed by atoms with Crippen LogP contribution in [0.5, 0.6) is 0 Å². The van der Waals surface area contributed by atoms with E-state index in [4.69, 9.17) is 5.26 Å². The third-order valence-electron chi connectivity index (χ3n) is 3.63. The monoisotopic (exact) mass is 322 g/mol. The highest BCUT2D eigenvalue weighted by Gasteiger charge is 2.33. The second-order valence-electron chi connectivity index (χ2n) is 5.19. The van der Waals surface area contributed by atoms with Crippen LogP contribution in [0.2, 0.25) is 0 Å². The highest BCUT2D eigenvalue weighted by molar-refractivity contribution is 5.62. The minimum atomic E-state index is -4.63. The van der Waals surface area contributed by atoms with Gasteiger partial charge in [-0.05, 0) is 48.7 Å². The number of nitrogens with one attached hydrogen (secondary N) is 1. The van der Waals surface area contributed by atoms with Gasteiger partial charge in [0.1, 0.15) is 5.82 Å². The van der Waals surface area contributed by atoms with Crippen molar-refractivity contribution in [1.29, 1.82) is 5.26 Å². The molecule has 2 rings (SSSR count). The molecule has 2 aromatic carbocycles. The normalized spacial score (nSPS) is 11.2. The van der Waals surface area contributed by atoms with Crippen LogP contribution in [0.1, 0.15) is 27.8 Å². The number of nitriles is 1. The molecular weight excluding hydrogens is 308 g/mol. The van der Waals surface area contributed by atoms with E-state index in [9.17, 15) is 17.6 Å². The maximum absolute atomic E-state index is 13.1. The lowest BCUT2D eigenvalue weighted by Crippen LogP contribution is -2.13. The molecule has 0 aliphatic heterocycles. The molecule has 0 radical (unpaired) electrons. The van der Waals surface area contributed by atoms with Gasteiger partial charge in [-0.25, -0.2) is 4.39 Å². The number of benzene rings is 2. The van der Waals surface area contributed by atoms with Crippen molar-refractivity contribution in [2.75, 3.05) is 5.32 Å². The number of nitrogens with zero attached hydrogens (tertiary/aromatic N) is 1. The fraction of sp³-hybridized carbons (Fsp3) is 0.235. The zero-order chi connectivity index (χ0) is 17.2. The third-order valence-corrected chi connectivity index (χ3v) is 3.63. The van der Waals surface area contributed by atoms with Gasteiger partial charge in [0.2, 0.25) is 0 Å². The van der Waals surface area contributed by atoms with Crippen LogP contribution in [0.4, 0.5) is 23.2 Å². The summed E-state index contributed by atoms with van der Waals surface area (Å²) in [6, 6.07) is 8.02. The van der Waals surface area contributed by atoms with E-state index in [1.807, 2.05) is 6.07 Å². The van der Waals surface area contributed by atoms with Gasteiger partial charge in [0.15, 0.2) is 0 Å². The van der Waals surface area contributed by atoms with E-state index in [2.05, 4.69) is 5.32 Å². The Balaban J connectivity index is 2.35. The van der Waals surface area contributed by atoms with Crippen molar-refractivity contribution < 1.29 is 17.6 Å². The van der Waals surface area contributed by atoms with E-state index in [-0.39, 0.29) is 12.1 Å². The Morgan fingerprint density at radius 1 is 1.13 bits per heavy atom. The van der Waals surface area contributed by atoms with E-state index in [0.29, 0.717) is 22.9 Å². The molecule has 0 saturated carbocycles. The zero-order valence-electron chi connectivity index (χ0n) is 12.6. The SMILES string of the molecule is Cc1ccc(C#N)c(C)c1NCc1ccc(F)cc1C(F)(F)F. The molecule has 0 heterocycles. The van der Waals surface area contributed by atoms with E-state index >= 15 is 0 Å². The summed E-state index contributed by atoms with van der Waals surface area (Å²) >= 11 is 0. The van der Waals surface area contributed by atoms with Crippen LogP contribution >= 0.6 is 0 Å². The van der Waals surface area contributed by atoms with Crippen LogP contribution in [0.3, 0.4) is 0 Å². The van der Waals surface area contributed by atoms with Crippen LogP contribution in [-0.4, -0.2) is 0 Å². The predicted octanol–water partition coefficient (Wildman–Crippen LogP) is 4.95. The molecule has 23 heavy (non-hydrogen) atoms. The molecule has 2 aromatic rings. The van der Waals surface area contributed by atoms with E-state index < -0.39 is 17.6 Å². The van der Waals surface area contributed by atoms with Gasteiger partial charge in [0.25, 0.3) is 0 Å². The molecule has 0 fully saturated rings. The summed E-state index contributed by atoms with van der Waals surface area (Å²) in [6.45, 7) is 3.40. The summed E-state index contributed by atoms with van der Waals surface area (Å²) < 4.78 is 52.1. The highest BCUT2D eigenvalue weighted by atomic mass is 19.4. The molecule has 0 spiro atoms. The van der Waals surface area contributed by atoms with Crippen LogP contribution in [0, 0.1) is 31.0 Å². The fourth-order valence-electron chi connectivity index (χ4n) is 2.39. The molecule has 0 bridgehead atoms. The van der Waals surface area contributed by atoms with E-state index in [1.165, 1.54) is 0 Å². The zero-order valence-corrected chi connectivity index (χ0v) is 12.6. The van der Waals surface area contributed by atoms with Crippen LogP contribution in [0.25, 0.3) is 0 Å². The lowest BCUT2D eigenvalue weighted by atomic mass is 10.0. The molecule has 2 nitrogen and oxygen atoms in total. The van der Waals surface area contributed by atoms with Crippen LogP contribution < -0.4 is 5.32 Å². The molecule has 0 aliphatic carbocycles. The van der Waals surface area contributed by atoms with Crippen LogP contribution in [0.15, 0.2) is 30.3 Å². The van der Waals surface area contributed by atoms with Gasteiger partial charge < -0.3 is 5.32 Å². The molecule has 0 saturated heterocycles. The first-order chi connectivity index (χ1) is 10.7. The standard InChI is InChI=1S/C17H14F4N2/c1-10-3-4-12(8-22)11(2)16(10)23-9-13-5-6-14(18)7-15(13)17(19,20)21/h3-7,23H,9H2,1-2H3. The summed E-state index contributed by atoms with van der Waals surface area (Å²) in [6.07, 6.45) is -4.63. The van der Waals surface area contributed by atoms with Gasteiger partial charge in [-0.15, -0.1) is 0 Å². The van der Waals surface area contributed by atoms with Gasteiger partial charge in [0.05, 0.1) is 17.2 Å². The lowest BCUT2D eigenvalue weighted by Gasteiger charge is -2.17. The number of hydrogen-bond donors (Lipinski definition) is 1. The van der Waals surface area contributed by atoms with Crippen molar-refractivity contribution in [1.82, 2.24) is 0 Å². The third kappa shape index (κ3) is 3.62. The average molecular weight is 322 g/mol. The van der Waals surface area contributed by atoms with E-state index in [1.54, 1.807) is 26.0 Å². The van der Waals surface area contributed by atoms with Gasteiger partial charge in [-0.2, -0.15) is 18.4 Å². The van der Waals surface area contributed by atoms with Crippen molar-refractivity contribution in [3.05, 3.63) is 64.0 Å². The lowest BCUT2D eigenvalue weighted by molar-refractivity contribution is -0.138. The molecule has 0 unspecified atom stereocenters. The van der Waals surface area contributed by atoms with Crippen molar-refractivity contribution in [3.8, 4) is 6.07 Å². The summed E-state index contributed by atoms with van der Waals surface area (Å²) in [5, 5.41) is 12.0. The minimum absolute atomic E-state index is 0.0555. The molecule has 0 aliphatic rings. The van der Waals surface area contributed by atoms with Gasteiger partial charge in [-0.1, -0.05) is 12.1 Å². The molecular formula is C17H14F4N2. The number of rotatable bonds is 3. The smallest absolute Gasteiger partial charge is 0.380 e. The van der Waals surface area contributed by atoms with Crippen molar-refractivity contribution in [2.24, 2.45) is 0 Å². The van der Waals surface area contributed by atoms with Crippen LogP contribution in [-0.2, 0) is 12.7 Å². The summed E-state index contributed by atoms with van der Waals surface area (Å²) in [7, 11) is 0. The summed E-state index contributed by atoms with van der Waals surface area (Å²) in [4.78, 5) is 0. The van der Waals surface area contributed by atoms with Gasteiger partial charge >= 0.3 is 6.18 Å². The molecule has 0 atom stereocenters. The maximum Gasteiger partial charge on any atom is 0.416 e. The molecule has 0 amide bonds. The minimum Gasteiger partial charge on any atom is -0.380 e. The van der Waals surface area contributed by atoms with Crippen molar-refractivity contribution in [3.63, 3.8) is 0 Å². The average Bonchev–Trinajstić information content (AvgIpc) is 2.47. The second-order valence-corrected chi connectivity index (χ2v) is 5.19. The molecule has 1 N–H and O–H groups in total. The summed E-state index contributed by atoms with van der Waals surface area (Å²) in [5.41, 5.74) is 1.49. The Labute approximate surface area is 131 Å². The Hall–Kier alpha value is -2.55. The predicted molar refractivity (Wildman–Crippen MR) is 79.4 cm³/mol. The Morgan fingerprint density at radius 3 is 2.43 bits per heavy atom. The van der Waals surface area contributed by atoms with Gasteiger partial charge in [0, 0.05) is 12.2 Å². The first-order valence-electron chi connectivity index (χ1n) is 6.84. The Bertz CT molecular complexity index is 773. The Morgan fingerprint density at radius 2 is 1.83 bits per heavy atom. The number of alkyl halides is 3. The largest absolute Gasteiger partial charge is 0.416 e.